The number of thioether (sulfide) groups is 1. The lowest BCUT2D eigenvalue weighted by atomic mass is 10.1. The van der Waals surface area contributed by atoms with Crippen LogP contribution in [-0.2, 0) is 38.1 Å². The molecule has 1 aliphatic rings. The second-order valence-electron chi connectivity index (χ2n) is 4.61. The van der Waals surface area contributed by atoms with Gasteiger partial charge in [0.05, 0.1) is 0 Å². The minimum atomic E-state index is -1.06. The third kappa shape index (κ3) is 5.55. The zero-order chi connectivity index (χ0) is 16.9. The summed E-state index contributed by atoms with van der Waals surface area (Å²) < 4.78 is 20.4. The van der Waals surface area contributed by atoms with Gasteiger partial charge in [-0.2, -0.15) is 0 Å². The van der Waals surface area contributed by atoms with Gasteiger partial charge in [0, 0.05) is 33.4 Å². The summed E-state index contributed by atoms with van der Waals surface area (Å²) in [6.07, 6.45) is -2.91. The molecule has 0 N–H and O–H groups in total. The van der Waals surface area contributed by atoms with Gasteiger partial charge >= 0.3 is 23.9 Å². The molecule has 1 saturated heterocycles. The van der Waals surface area contributed by atoms with Crippen LogP contribution in [-0.4, -0.2) is 53.4 Å². The van der Waals surface area contributed by atoms with Crippen LogP contribution in [0, 0.1) is 0 Å². The van der Waals surface area contributed by atoms with Crippen LogP contribution in [0.4, 0.5) is 0 Å². The molecule has 9 heteroatoms. The molecule has 0 aromatic carbocycles. The SMILES string of the molecule is CC(=O)O[C@@H]1[C@@H](OC(C)=O)[C@H](OC(C)=O)CS[C@H]1OC(C)=O. The van der Waals surface area contributed by atoms with Crippen LogP contribution in [0.2, 0.25) is 0 Å². The zero-order valence-electron chi connectivity index (χ0n) is 12.7. The molecule has 1 fully saturated rings. The van der Waals surface area contributed by atoms with Crippen molar-refractivity contribution < 1.29 is 38.1 Å². The highest BCUT2D eigenvalue weighted by molar-refractivity contribution is 7.99. The summed E-state index contributed by atoms with van der Waals surface area (Å²) in [5.74, 6) is -2.17. The summed E-state index contributed by atoms with van der Waals surface area (Å²) in [5.41, 5.74) is -0.849. The van der Waals surface area contributed by atoms with Crippen molar-refractivity contribution in [2.45, 2.75) is 51.4 Å². The molecule has 0 spiro atoms. The van der Waals surface area contributed by atoms with Crippen LogP contribution in [0.25, 0.3) is 0 Å². The number of ether oxygens (including phenoxy) is 4. The van der Waals surface area contributed by atoms with E-state index in [1.807, 2.05) is 0 Å². The molecule has 0 amide bonds. The zero-order valence-corrected chi connectivity index (χ0v) is 13.5. The van der Waals surface area contributed by atoms with Crippen LogP contribution in [0.1, 0.15) is 27.7 Å². The molecular weight excluding hydrogens is 316 g/mol. The first-order chi connectivity index (χ1) is 10.2. The maximum atomic E-state index is 11.3. The quantitative estimate of drug-likeness (QED) is 0.534. The van der Waals surface area contributed by atoms with Crippen molar-refractivity contribution in [2.24, 2.45) is 0 Å². The Hall–Kier alpha value is -1.77. The largest absolute Gasteiger partial charge is 0.458 e. The van der Waals surface area contributed by atoms with E-state index in [1.54, 1.807) is 0 Å². The molecule has 0 radical (unpaired) electrons. The van der Waals surface area contributed by atoms with Gasteiger partial charge in [0.1, 0.15) is 0 Å². The minimum Gasteiger partial charge on any atom is -0.458 e. The minimum absolute atomic E-state index is 0.229. The molecule has 4 atom stereocenters. The predicted octanol–water partition coefficient (Wildman–Crippen LogP) is 0.417. The average Bonchev–Trinajstić information content (AvgIpc) is 2.34. The number of rotatable bonds is 4. The summed E-state index contributed by atoms with van der Waals surface area (Å²) in [6.45, 7) is 4.78. The van der Waals surface area contributed by atoms with E-state index in [0.29, 0.717) is 0 Å². The molecule has 1 heterocycles. The maximum Gasteiger partial charge on any atom is 0.303 e. The topological polar surface area (TPSA) is 105 Å². The Bertz CT molecular complexity index is 421. The fourth-order valence-corrected chi connectivity index (χ4v) is 3.21. The highest BCUT2D eigenvalue weighted by atomic mass is 32.2. The monoisotopic (exact) mass is 334 g/mol. The Balaban J connectivity index is 3.03. The molecule has 0 aromatic rings. The van der Waals surface area contributed by atoms with Crippen LogP contribution in [0.15, 0.2) is 0 Å². The smallest absolute Gasteiger partial charge is 0.303 e. The van der Waals surface area contributed by atoms with Crippen molar-refractivity contribution in [2.75, 3.05) is 5.75 Å². The van der Waals surface area contributed by atoms with Gasteiger partial charge in [-0.25, -0.2) is 0 Å². The van der Waals surface area contributed by atoms with Gasteiger partial charge in [-0.15, -0.1) is 11.8 Å². The molecule has 0 unspecified atom stereocenters. The van der Waals surface area contributed by atoms with E-state index in [9.17, 15) is 19.2 Å². The molecule has 8 nitrogen and oxygen atoms in total. The Morgan fingerprint density at radius 2 is 1.18 bits per heavy atom. The van der Waals surface area contributed by atoms with Gasteiger partial charge in [-0.05, 0) is 0 Å². The number of hydrogen-bond acceptors (Lipinski definition) is 9. The van der Waals surface area contributed by atoms with Crippen LogP contribution in [0.5, 0.6) is 0 Å². The fraction of sp³-hybridized carbons (Fsp3) is 0.692. The van der Waals surface area contributed by atoms with Crippen LogP contribution < -0.4 is 0 Å². The molecule has 1 aliphatic heterocycles. The van der Waals surface area contributed by atoms with Gasteiger partial charge < -0.3 is 18.9 Å². The second-order valence-corrected chi connectivity index (χ2v) is 5.74. The standard InChI is InChI=1S/C13H18O8S/c1-6(14)18-10-5-22-13(21-9(4)17)12(20-8(3)16)11(10)19-7(2)15/h10-13H,5H2,1-4H3/t10-,11+,12-,13-/m1/s1. The van der Waals surface area contributed by atoms with E-state index >= 15 is 0 Å². The number of carbonyl (C=O) groups excluding carboxylic acids is 4. The Morgan fingerprint density at radius 1 is 0.727 bits per heavy atom. The van der Waals surface area contributed by atoms with Crippen molar-refractivity contribution in [1.82, 2.24) is 0 Å². The highest BCUT2D eigenvalue weighted by Crippen LogP contribution is 2.33. The van der Waals surface area contributed by atoms with Crippen LogP contribution >= 0.6 is 11.8 Å². The normalized spacial score (nSPS) is 27.5. The molecule has 0 bridgehead atoms. The van der Waals surface area contributed by atoms with E-state index in [0.717, 1.165) is 11.8 Å². The lowest BCUT2D eigenvalue weighted by Gasteiger charge is -2.39. The van der Waals surface area contributed by atoms with Gasteiger partial charge in [0.2, 0.25) is 0 Å². The summed E-state index contributed by atoms with van der Waals surface area (Å²) in [7, 11) is 0. The molecule has 0 aromatic heterocycles. The van der Waals surface area contributed by atoms with Crippen molar-refractivity contribution in [1.29, 1.82) is 0 Å². The molecule has 1 rings (SSSR count). The number of carbonyl (C=O) groups is 4. The Kier molecular flexibility index (Phi) is 6.66. The average molecular weight is 334 g/mol. The third-order valence-corrected chi connectivity index (χ3v) is 3.80. The van der Waals surface area contributed by atoms with Crippen molar-refractivity contribution >= 4 is 35.6 Å². The van der Waals surface area contributed by atoms with Crippen LogP contribution in [0.3, 0.4) is 0 Å². The summed E-state index contributed by atoms with van der Waals surface area (Å²) in [6, 6.07) is 0. The van der Waals surface area contributed by atoms with Gasteiger partial charge in [-0.3, -0.25) is 19.2 Å². The molecular formula is C13H18O8S. The number of esters is 4. The van der Waals surface area contributed by atoms with Crippen molar-refractivity contribution in [3.63, 3.8) is 0 Å². The number of hydrogen-bond donors (Lipinski definition) is 0. The molecule has 124 valence electrons. The van der Waals surface area contributed by atoms with E-state index in [2.05, 4.69) is 0 Å². The predicted molar refractivity (Wildman–Crippen MR) is 74.7 cm³/mol. The second kappa shape index (κ2) is 8.02. The summed E-state index contributed by atoms with van der Waals surface area (Å²) >= 11 is 1.13. The van der Waals surface area contributed by atoms with E-state index in [4.69, 9.17) is 18.9 Å². The van der Waals surface area contributed by atoms with Crippen molar-refractivity contribution in [3.8, 4) is 0 Å². The lowest BCUT2D eigenvalue weighted by molar-refractivity contribution is -0.191. The summed E-state index contributed by atoms with van der Waals surface area (Å²) in [5, 5.41) is 0. The third-order valence-electron chi connectivity index (χ3n) is 2.59. The lowest BCUT2D eigenvalue weighted by Crippen LogP contribution is -2.55. The fourth-order valence-electron chi connectivity index (χ4n) is 1.97. The first kappa shape index (κ1) is 18.3. The first-order valence-electron chi connectivity index (χ1n) is 6.51. The van der Waals surface area contributed by atoms with E-state index in [-0.39, 0.29) is 5.75 Å². The van der Waals surface area contributed by atoms with E-state index < -0.39 is 47.6 Å². The summed E-state index contributed by atoms with van der Waals surface area (Å²) in [4.78, 5) is 44.9. The van der Waals surface area contributed by atoms with Crippen molar-refractivity contribution in [3.05, 3.63) is 0 Å². The van der Waals surface area contributed by atoms with Gasteiger partial charge in [0.15, 0.2) is 23.7 Å². The Labute approximate surface area is 131 Å². The Morgan fingerprint density at radius 3 is 1.64 bits per heavy atom. The molecule has 0 saturated carbocycles. The van der Waals surface area contributed by atoms with Gasteiger partial charge in [-0.1, -0.05) is 0 Å². The first-order valence-corrected chi connectivity index (χ1v) is 7.56. The van der Waals surface area contributed by atoms with E-state index in [1.165, 1.54) is 27.7 Å². The maximum absolute atomic E-state index is 11.3. The highest BCUT2D eigenvalue weighted by Gasteiger charge is 2.47. The molecule has 22 heavy (non-hydrogen) atoms. The van der Waals surface area contributed by atoms with Gasteiger partial charge in [0.25, 0.3) is 0 Å². The molecule has 0 aliphatic carbocycles.